The number of sulfonamides is 1. The maximum absolute atomic E-state index is 12.4. The summed E-state index contributed by atoms with van der Waals surface area (Å²) in [5.41, 5.74) is 1.69. The van der Waals surface area contributed by atoms with Crippen LogP contribution in [0.3, 0.4) is 0 Å². The largest absolute Gasteiger partial charge is 0.494 e. The summed E-state index contributed by atoms with van der Waals surface area (Å²) in [6, 6.07) is 21.2. The molecular weight excluding hydrogens is 416 g/mol. The summed E-state index contributed by atoms with van der Waals surface area (Å²) in [5.74, 6) is 1.71. The molecule has 162 valence electrons. The van der Waals surface area contributed by atoms with E-state index >= 15 is 0 Å². The molecule has 31 heavy (non-hydrogen) atoms. The van der Waals surface area contributed by atoms with E-state index in [0.717, 1.165) is 5.56 Å². The lowest BCUT2D eigenvalue weighted by molar-refractivity contribution is 0.284. The Balaban J connectivity index is 1.64. The predicted octanol–water partition coefficient (Wildman–Crippen LogP) is 3.99. The van der Waals surface area contributed by atoms with Crippen molar-refractivity contribution in [2.24, 2.45) is 5.10 Å². The molecule has 0 aromatic heterocycles. The number of hydrazone groups is 1. The fourth-order valence-electron chi connectivity index (χ4n) is 2.72. The molecule has 0 saturated carbocycles. The van der Waals surface area contributed by atoms with E-state index in [2.05, 4.69) is 9.93 Å². The van der Waals surface area contributed by atoms with Crippen LogP contribution >= 0.6 is 0 Å². The lowest BCUT2D eigenvalue weighted by Crippen LogP contribution is -2.18. The van der Waals surface area contributed by atoms with Gasteiger partial charge in [-0.15, -0.1) is 0 Å². The van der Waals surface area contributed by atoms with Gasteiger partial charge in [-0.3, -0.25) is 0 Å². The van der Waals surface area contributed by atoms with Gasteiger partial charge in [0.25, 0.3) is 10.0 Å². The molecule has 0 saturated heterocycles. The highest BCUT2D eigenvalue weighted by atomic mass is 32.2. The molecule has 0 aliphatic carbocycles. The maximum atomic E-state index is 12.4. The molecule has 7 nitrogen and oxygen atoms in total. The number of hydrogen-bond acceptors (Lipinski definition) is 6. The Labute approximate surface area is 182 Å². The van der Waals surface area contributed by atoms with Gasteiger partial charge >= 0.3 is 0 Å². The monoisotopic (exact) mass is 440 g/mol. The molecule has 3 rings (SSSR count). The minimum atomic E-state index is -3.78. The molecule has 0 fully saturated rings. The van der Waals surface area contributed by atoms with Gasteiger partial charge in [0.2, 0.25) is 0 Å². The van der Waals surface area contributed by atoms with Crippen molar-refractivity contribution in [1.29, 1.82) is 0 Å². The van der Waals surface area contributed by atoms with Crippen molar-refractivity contribution in [2.45, 2.75) is 18.4 Å². The number of hydrogen-bond donors (Lipinski definition) is 1. The van der Waals surface area contributed by atoms with Crippen LogP contribution < -0.4 is 19.0 Å². The van der Waals surface area contributed by atoms with Gasteiger partial charge in [-0.1, -0.05) is 30.3 Å². The fourth-order valence-corrected chi connectivity index (χ4v) is 3.51. The third kappa shape index (κ3) is 6.23. The SMILES string of the molecule is CCOc1ccc(S(=O)(=O)N/N=C\c2ccc(OCc3ccccc3)c(OC)c2)cc1. The number of nitrogens with zero attached hydrogens (tertiary/aromatic N) is 1. The van der Waals surface area contributed by atoms with E-state index in [4.69, 9.17) is 14.2 Å². The number of nitrogens with one attached hydrogen (secondary N) is 1. The van der Waals surface area contributed by atoms with Gasteiger partial charge in [-0.25, -0.2) is 4.83 Å². The Morgan fingerprint density at radius 1 is 0.935 bits per heavy atom. The number of rotatable bonds is 10. The van der Waals surface area contributed by atoms with E-state index in [1.807, 2.05) is 37.3 Å². The van der Waals surface area contributed by atoms with E-state index in [9.17, 15) is 8.42 Å². The van der Waals surface area contributed by atoms with Crippen molar-refractivity contribution in [3.8, 4) is 17.2 Å². The average Bonchev–Trinajstić information content (AvgIpc) is 2.79. The van der Waals surface area contributed by atoms with E-state index < -0.39 is 10.0 Å². The summed E-state index contributed by atoms with van der Waals surface area (Å²) in [6.45, 7) is 2.78. The van der Waals surface area contributed by atoms with Gasteiger partial charge in [-0.2, -0.15) is 13.5 Å². The summed E-state index contributed by atoms with van der Waals surface area (Å²) in [6.07, 6.45) is 1.40. The summed E-state index contributed by atoms with van der Waals surface area (Å²) < 4.78 is 41.3. The van der Waals surface area contributed by atoms with Crippen molar-refractivity contribution in [1.82, 2.24) is 4.83 Å². The summed E-state index contributed by atoms with van der Waals surface area (Å²) in [7, 11) is -2.24. The van der Waals surface area contributed by atoms with Crippen LogP contribution in [0.15, 0.2) is 82.8 Å². The molecular formula is C23H24N2O5S. The van der Waals surface area contributed by atoms with Crippen LogP contribution in [0.25, 0.3) is 0 Å². The zero-order valence-electron chi connectivity index (χ0n) is 17.3. The average molecular weight is 441 g/mol. The van der Waals surface area contributed by atoms with Gasteiger partial charge in [0.15, 0.2) is 11.5 Å². The van der Waals surface area contributed by atoms with Gasteiger partial charge in [0.05, 0.1) is 24.8 Å². The van der Waals surface area contributed by atoms with Crippen molar-refractivity contribution in [3.05, 3.63) is 83.9 Å². The molecule has 0 atom stereocenters. The summed E-state index contributed by atoms with van der Waals surface area (Å²) in [4.78, 5) is 2.30. The Hall–Kier alpha value is -3.52. The molecule has 0 unspecified atom stereocenters. The molecule has 0 aliphatic rings. The Bertz CT molecular complexity index is 1110. The lowest BCUT2D eigenvalue weighted by atomic mass is 10.2. The van der Waals surface area contributed by atoms with Crippen molar-refractivity contribution in [3.63, 3.8) is 0 Å². The minimum Gasteiger partial charge on any atom is -0.494 e. The first-order valence-electron chi connectivity index (χ1n) is 9.64. The second-order valence-electron chi connectivity index (χ2n) is 6.44. The van der Waals surface area contributed by atoms with Crippen LogP contribution in [-0.4, -0.2) is 28.3 Å². The lowest BCUT2D eigenvalue weighted by Gasteiger charge is -2.11. The molecule has 3 aromatic rings. The normalized spacial score (nSPS) is 11.3. The predicted molar refractivity (Wildman–Crippen MR) is 119 cm³/mol. The second-order valence-corrected chi connectivity index (χ2v) is 8.10. The van der Waals surface area contributed by atoms with Crippen LogP contribution in [0.1, 0.15) is 18.1 Å². The summed E-state index contributed by atoms with van der Waals surface area (Å²) >= 11 is 0. The van der Waals surface area contributed by atoms with Gasteiger partial charge in [0, 0.05) is 0 Å². The Kier molecular flexibility index (Phi) is 7.50. The Morgan fingerprint density at radius 2 is 1.68 bits per heavy atom. The van der Waals surface area contributed by atoms with Crippen molar-refractivity contribution < 1.29 is 22.6 Å². The molecule has 8 heteroatoms. The molecule has 0 spiro atoms. The highest BCUT2D eigenvalue weighted by Crippen LogP contribution is 2.28. The first kappa shape index (κ1) is 22.2. The quantitative estimate of drug-likeness (QED) is 0.381. The third-order valence-electron chi connectivity index (χ3n) is 4.26. The topological polar surface area (TPSA) is 86.2 Å². The number of methoxy groups -OCH3 is 1. The molecule has 0 heterocycles. The smallest absolute Gasteiger partial charge is 0.276 e. The molecule has 3 aromatic carbocycles. The standard InChI is InChI=1S/C23H24N2O5S/c1-3-29-20-10-12-21(13-11-20)31(26,27)25-24-16-19-9-14-22(23(15-19)28-2)30-17-18-7-5-4-6-8-18/h4-16,25H,3,17H2,1-2H3/b24-16-. The molecule has 0 radical (unpaired) electrons. The number of benzene rings is 3. The molecule has 0 amide bonds. The van der Waals surface area contributed by atoms with E-state index in [-0.39, 0.29) is 4.90 Å². The maximum Gasteiger partial charge on any atom is 0.276 e. The highest BCUT2D eigenvalue weighted by molar-refractivity contribution is 7.89. The number of ether oxygens (including phenoxy) is 3. The molecule has 0 aliphatic heterocycles. The first-order chi connectivity index (χ1) is 15.0. The Morgan fingerprint density at radius 3 is 2.35 bits per heavy atom. The van der Waals surface area contributed by atoms with Gasteiger partial charge < -0.3 is 14.2 Å². The molecule has 1 N–H and O–H groups in total. The third-order valence-corrected chi connectivity index (χ3v) is 5.49. The van der Waals surface area contributed by atoms with E-state index in [1.54, 1.807) is 37.4 Å². The zero-order valence-corrected chi connectivity index (χ0v) is 18.1. The van der Waals surface area contributed by atoms with Crippen LogP contribution in [0.4, 0.5) is 0 Å². The highest BCUT2D eigenvalue weighted by Gasteiger charge is 2.12. The minimum absolute atomic E-state index is 0.0929. The van der Waals surface area contributed by atoms with Crippen LogP contribution in [0.2, 0.25) is 0 Å². The van der Waals surface area contributed by atoms with E-state index in [0.29, 0.717) is 36.0 Å². The van der Waals surface area contributed by atoms with Gasteiger partial charge in [-0.05, 0) is 60.5 Å². The van der Waals surface area contributed by atoms with Crippen molar-refractivity contribution >= 4 is 16.2 Å². The first-order valence-corrected chi connectivity index (χ1v) is 11.1. The zero-order chi connectivity index (χ0) is 22.1. The summed E-state index contributed by atoms with van der Waals surface area (Å²) in [5, 5.41) is 3.86. The van der Waals surface area contributed by atoms with Gasteiger partial charge in [0.1, 0.15) is 12.4 Å². The fraction of sp³-hybridized carbons (Fsp3) is 0.174. The second kappa shape index (κ2) is 10.5. The van der Waals surface area contributed by atoms with E-state index in [1.165, 1.54) is 18.3 Å². The van der Waals surface area contributed by atoms with Crippen molar-refractivity contribution in [2.75, 3.05) is 13.7 Å². The van der Waals surface area contributed by atoms with Crippen LogP contribution in [-0.2, 0) is 16.6 Å². The van der Waals surface area contributed by atoms with Crippen LogP contribution in [0.5, 0.6) is 17.2 Å². The molecule has 0 bridgehead atoms. The van der Waals surface area contributed by atoms with Crippen LogP contribution in [0, 0.1) is 0 Å².